The molecule has 1 atom stereocenters. The number of carbonyl (C=O) groups excluding carboxylic acids is 2. The summed E-state index contributed by atoms with van der Waals surface area (Å²) in [6.45, 7) is -0.132. The molecule has 0 aliphatic carbocycles. The standard InChI is InChI=1S/C29H26Cl2N2O7S/c1-38-15-5-6-16-40-22-10-12-23(13-11-22)41(36,37)33-18-20-7-3-4-8-26(20)32(19-27(33)29(35)39-2)28(34)24-14-9-21(30)17-25(24)31/h3-4,7-14,17,27H,15-16,18-19H2,1-2H3. The number of benzene rings is 3. The number of nitrogens with zero attached hydrogens (tertiary/aromatic N) is 2. The molecule has 214 valence electrons. The molecule has 0 saturated carbocycles. The molecule has 0 aromatic heterocycles. The van der Waals surface area contributed by atoms with Crippen LogP contribution in [0.2, 0.25) is 10.0 Å². The molecule has 41 heavy (non-hydrogen) atoms. The van der Waals surface area contributed by atoms with E-state index < -0.39 is 27.9 Å². The van der Waals surface area contributed by atoms with Crippen LogP contribution in [0.5, 0.6) is 5.75 Å². The van der Waals surface area contributed by atoms with Gasteiger partial charge in [0.05, 0.1) is 29.1 Å². The number of halogens is 2. The summed E-state index contributed by atoms with van der Waals surface area (Å²) in [7, 11) is -1.56. The highest BCUT2D eigenvalue weighted by Gasteiger charge is 2.42. The summed E-state index contributed by atoms with van der Waals surface area (Å²) in [5.74, 6) is 4.61. The van der Waals surface area contributed by atoms with Gasteiger partial charge in [0.25, 0.3) is 5.91 Å². The molecule has 1 amide bonds. The lowest BCUT2D eigenvalue weighted by Crippen LogP contribution is -2.50. The van der Waals surface area contributed by atoms with E-state index in [1.165, 1.54) is 54.5 Å². The maximum atomic E-state index is 14.0. The van der Waals surface area contributed by atoms with E-state index in [1.807, 2.05) is 0 Å². The average molecular weight is 618 g/mol. The zero-order valence-corrected chi connectivity index (χ0v) is 24.5. The lowest BCUT2D eigenvalue weighted by atomic mass is 10.1. The number of esters is 1. The predicted molar refractivity (Wildman–Crippen MR) is 155 cm³/mol. The van der Waals surface area contributed by atoms with Crippen molar-refractivity contribution in [2.24, 2.45) is 0 Å². The maximum absolute atomic E-state index is 14.0. The molecule has 4 rings (SSSR count). The van der Waals surface area contributed by atoms with E-state index in [4.69, 9.17) is 37.4 Å². The number of amides is 1. The molecule has 0 radical (unpaired) electrons. The monoisotopic (exact) mass is 616 g/mol. The second kappa shape index (κ2) is 13.4. The van der Waals surface area contributed by atoms with Crippen molar-refractivity contribution in [2.45, 2.75) is 17.5 Å². The van der Waals surface area contributed by atoms with Gasteiger partial charge in [-0.25, -0.2) is 8.42 Å². The number of hydrogen-bond donors (Lipinski definition) is 0. The summed E-state index contributed by atoms with van der Waals surface area (Å²) in [5.41, 5.74) is 1.09. The second-order valence-electron chi connectivity index (χ2n) is 8.80. The van der Waals surface area contributed by atoms with Gasteiger partial charge in [-0.3, -0.25) is 9.59 Å². The summed E-state index contributed by atoms with van der Waals surface area (Å²) in [4.78, 5) is 28.1. The lowest BCUT2D eigenvalue weighted by Gasteiger charge is -2.29. The lowest BCUT2D eigenvalue weighted by molar-refractivity contribution is -0.144. The van der Waals surface area contributed by atoms with E-state index in [9.17, 15) is 18.0 Å². The zero-order chi connectivity index (χ0) is 29.6. The van der Waals surface area contributed by atoms with Crippen molar-refractivity contribution in [3.05, 3.63) is 87.9 Å². The highest BCUT2D eigenvalue weighted by Crippen LogP contribution is 2.34. The Labute approximate surface area is 248 Å². The van der Waals surface area contributed by atoms with Crippen molar-refractivity contribution in [1.82, 2.24) is 4.31 Å². The van der Waals surface area contributed by atoms with E-state index in [2.05, 4.69) is 11.8 Å². The summed E-state index contributed by atoms with van der Waals surface area (Å²) in [6.07, 6.45) is 0. The van der Waals surface area contributed by atoms with Gasteiger partial charge in [0.2, 0.25) is 10.0 Å². The van der Waals surface area contributed by atoms with Gasteiger partial charge in [0, 0.05) is 24.4 Å². The van der Waals surface area contributed by atoms with E-state index in [-0.39, 0.29) is 41.8 Å². The highest BCUT2D eigenvalue weighted by atomic mass is 35.5. The predicted octanol–water partition coefficient (Wildman–Crippen LogP) is 4.41. The summed E-state index contributed by atoms with van der Waals surface area (Å²) in [6, 6.07) is 15.7. The third-order valence-electron chi connectivity index (χ3n) is 6.27. The molecule has 1 aliphatic rings. The van der Waals surface area contributed by atoms with Crippen LogP contribution in [0.1, 0.15) is 15.9 Å². The molecule has 0 N–H and O–H groups in total. The minimum Gasteiger partial charge on any atom is -0.481 e. The van der Waals surface area contributed by atoms with Crippen LogP contribution < -0.4 is 9.64 Å². The molecule has 3 aromatic carbocycles. The molecule has 0 fully saturated rings. The Morgan fingerprint density at radius 3 is 2.37 bits per heavy atom. The smallest absolute Gasteiger partial charge is 0.326 e. The number of carbonyl (C=O) groups is 2. The highest BCUT2D eigenvalue weighted by molar-refractivity contribution is 7.89. The first-order chi connectivity index (χ1) is 19.7. The van der Waals surface area contributed by atoms with Gasteiger partial charge in [-0.05, 0) is 54.1 Å². The summed E-state index contributed by atoms with van der Waals surface area (Å²) in [5, 5.41) is 0.471. The number of para-hydroxylation sites is 1. The average Bonchev–Trinajstić information content (AvgIpc) is 3.14. The first-order valence-electron chi connectivity index (χ1n) is 12.3. The molecule has 0 spiro atoms. The minimum absolute atomic E-state index is 0.0674. The van der Waals surface area contributed by atoms with Gasteiger partial charge in [0.1, 0.15) is 25.0 Å². The van der Waals surface area contributed by atoms with Crippen molar-refractivity contribution in [1.29, 1.82) is 0 Å². The molecular weight excluding hydrogens is 591 g/mol. The Hall–Kier alpha value is -3.59. The molecular formula is C29H26Cl2N2O7S. The Morgan fingerprint density at radius 1 is 0.976 bits per heavy atom. The fraction of sp³-hybridized carbons (Fsp3) is 0.241. The molecule has 0 saturated heterocycles. The van der Waals surface area contributed by atoms with Crippen LogP contribution in [-0.4, -0.2) is 64.6 Å². The van der Waals surface area contributed by atoms with E-state index >= 15 is 0 Å². The number of sulfonamides is 1. The van der Waals surface area contributed by atoms with Crippen LogP contribution in [0.15, 0.2) is 71.6 Å². The van der Waals surface area contributed by atoms with Crippen LogP contribution in [-0.2, 0) is 30.8 Å². The maximum Gasteiger partial charge on any atom is 0.326 e. The minimum atomic E-state index is -4.26. The number of rotatable bonds is 7. The zero-order valence-electron chi connectivity index (χ0n) is 22.2. The van der Waals surface area contributed by atoms with Crippen LogP contribution >= 0.6 is 23.2 Å². The quantitative estimate of drug-likeness (QED) is 0.286. The van der Waals surface area contributed by atoms with Crippen LogP contribution in [0, 0.1) is 11.8 Å². The third-order valence-corrected chi connectivity index (χ3v) is 8.69. The molecule has 1 heterocycles. The number of hydrogen-bond acceptors (Lipinski definition) is 7. The summed E-state index contributed by atoms with van der Waals surface area (Å²) >= 11 is 12.3. The van der Waals surface area contributed by atoms with E-state index in [0.717, 1.165) is 11.4 Å². The number of anilines is 1. The van der Waals surface area contributed by atoms with Crippen LogP contribution in [0.25, 0.3) is 0 Å². The van der Waals surface area contributed by atoms with Crippen molar-refractivity contribution in [2.75, 3.05) is 38.9 Å². The molecule has 0 bridgehead atoms. The second-order valence-corrected chi connectivity index (χ2v) is 11.5. The molecule has 1 unspecified atom stereocenters. The molecule has 1 aliphatic heterocycles. The SMILES string of the molecule is COCC#CCOc1ccc(S(=O)(=O)N2Cc3ccccc3N(C(=O)c3ccc(Cl)cc3Cl)CC2C(=O)OC)cc1. The van der Waals surface area contributed by atoms with Crippen LogP contribution in [0.4, 0.5) is 5.69 Å². The molecule has 9 nitrogen and oxygen atoms in total. The Balaban J connectivity index is 1.70. The first kappa shape index (κ1) is 30.4. The van der Waals surface area contributed by atoms with Gasteiger partial charge in [-0.15, -0.1) is 0 Å². The number of ether oxygens (including phenoxy) is 3. The number of fused-ring (bicyclic) bond motifs is 1. The van der Waals surface area contributed by atoms with Crippen molar-refractivity contribution in [3.63, 3.8) is 0 Å². The molecule has 3 aromatic rings. The Kier molecular flexibility index (Phi) is 9.91. The Bertz CT molecular complexity index is 1600. The number of methoxy groups -OCH3 is 2. The third kappa shape index (κ3) is 6.84. The topological polar surface area (TPSA) is 102 Å². The van der Waals surface area contributed by atoms with Crippen molar-refractivity contribution < 1.29 is 32.2 Å². The van der Waals surface area contributed by atoms with Crippen molar-refractivity contribution in [3.8, 4) is 17.6 Å². The normalized spacial score (nSPS) is 15.2. The van der Waals surface area contributed by atoms with Gasteiger partial charge >= 0.3 is 5.97 Å². The summed E-state index contributed by atoms with van der Waals surface area (Å²) < 4.78 is 44.4. The fourth-order valence-corrected chi connectivity index (χ4v) is 6.30. The van der Waals surface area contributed by atoms with Gasteiger partial charge in [0.15, 0.2) is 0 Å². The van der Waals surface area contributed by atoms with Gasteiger partial charge in [-0.2, -0.15) is 4.31 Å². The van der Waals surface area contributed by atoms with Gasteiger partial charge < -0.3 is 19.1 Å². The fourth-order valence-electron chi connectivity index (χ4n) is 4.27. The van der Waals surface area contributed by atoms with Gasteiger partial charge in [-0.1, -0.05) is 53.2 Å². The molecule has 12 heteroatoms. The van der Waals surface area contributed by atoms with E-state index in [1.54, 1.807) is 24.3 Å². The largest absolute Gasteiger partial charge is 0.481 e. The van der Waals surface area contributed by atoms with Crippen molar-refractivity contribution >= 4 is 50.8 Å². The first-order valence-corrected chi connectivity index (χ1v) is 14.5. The Morgan fingerprint density at radius 2 is 1.68 bits per heavy atom. The van der Waals surface area contributed by atoms with E-state index in [0.29, 0.717) is 22.0 Å². The van der Waals surface area contributed by atoms with Crippen LogP contribution in [0.3, 0.4) is 0 Å².